The predicted octanol–water partition coefficient (Wildman–Crippen LogP) is 3.40. The Hall–Kier alpha value is -1.84. The van der Waals surface area contributed by atoms with Crippen LogP contribution in [-0.4, -0.2) is 9.55 Å². The average Bonchev–Trinajstić information content (AvgIpc) is 2.65. The fourth-order valence-electron chi connectivity index (χ4n) is 1.75. The van der Waals surface area contributed by atoms with Crippen LogP contribution in [0, 0.1) is 19.7 Å². The van der Waals surface area contributed by atoms with E-state index >= 15 is 0 Å². The molecule has 1 aromatic carbocycles. The molecule has 3 nitrogen and oxygen atoms in total. The van der Waals surface area contributed by atoms with Crippen molar-refractivity contribution < 1.29 is 4.39 Å². The maximum Gasteiger partial charge on any atom is 0.207 e. The molecule has 0 aliphatic heterocycles. The van der Waals surface area contributed by atoms with Crippen molar-refractivity contribution in [3.63, 3.8) is 0 Å². The Kier molecular flexibility index (Phi) is 3.13. The minimum absolute atomic E-state index is 0.226. The van der Waals surface area contributed by atoms with Crippen LogP contribution >= 0.6 is 0 Å². The zero-order chi connectivity index (χ0) is 12.4. The van der Waals surface area contributed by atoms with Gasteiger partial charge < -0.3 is 9.88 Å². The Morgan fingerprint density at radius 2 is 2.12 bits per heavy atom. The number of hydrogen-bond donors (Lipinski definition) is 1. The van der Waals surface area contributed by atoms with E-state index in [0.717, 1.165) is 12.2 Å². The number of aryl methyl sites for hydroxylation is 3. The molecule has 17 heavy (non-hydrogen) atoms. The molecule has 0 saturated heterocycles. The Bertz CT molecular complexity index is 531. The molecule has 0 radical (unpaired) electrons. The van der Waals surface area contributed by atoms with E-state index in [1.54, 1.807) is 19.1 Å². The summed E-state index contributed by atoms with van der Waals surface area (Å²) in [7, 11) is 0. The van der Waals surface area contributed by atoms with Gasteiger partial charge in [0.25, 0.3) is 0 Å². The molecule has 0 bridgehead atoms. The number of hydrogen-bond acceptors (Lipinski definition) is 2. The molecule has 0 amide bonds. The Balaban J connectivity index is 2.34. The SMILES string of the molecule is CCn1cc(C)nc1Nc1cccc(C)c1F. The lowest BCUT2D eigenvalue weighted by Crippen LogP contribution is -2.03. The van der Waals surface area contributed by atoms with Gasteiger partial charge in [-0.15, -0.1) is 0 Å². The molecule has 1 N–H and O–H groups in total. The summed E-state index contributed by atoms with van der Waals surface area (Å²) in [6, 6.07) is 5.29. The first kappa shape index (κ1) is 11.6. The highest BCUT2D eigenvalue weighted by atomic mass is 19.1. The van der Waals surface area contributed by atoms with Crippen molar-refractivity contribution in [2.45, 2.75) is 27.3 Å². The summed E-state index contributed by atoms with van der Waals surface area (Å²) in [6.07, 6.45) is 1.94. The van der Waals surface area contributed by atoms with Crippen LogP contribution in [0.3, 0.4) is 0 Å². The molecule has 0 unspecified atom stereocenters. The third kappa shape index (κ3) is 2.30. The van der Waals surface area contributed by atoms with Crippen molar-refractivity contribution in [3.8, 4) is 0 Å². The molecule has 0 atom stereocenters. The van der Waals surface area contributed by atoms with Gasteiger partial charge in [0.1, 0.15) is 5.82 Å². The maximum atomic E-state index is 13.8. The number of nitrogens with zero attached hydrogens (tertiary/aromatic N) is 2. The van der Waals surface area contributed by atoms with Gasteiger partial charge in [0, 0.05) is 12.7 Å². The third-order valence-corrected chi connectivity index (χ3v) is 2.68. The summed E-state index contributed by atoms with van der Waals surface area (Å²) in [4.78, 5) is 4.33. The van der Waals surface area contributed by atoms with Crippen molar-refractivity contribution in [3.05, 3.63) is 41.5 Å². The summed E-state index contributed by atoms with van der Waals surface area (Å²) in [6.45, 7) is 6.50. The molecule has 0 spiro atoms. The number of anilines is 2. The van der Waals surface area contributed by atoms with E-state index in [-0.39, 0.29) is 5.82 Å². The van der Waals surface area contributed by atoms with Gasteiger partial charge in [-0.2, -0.15) is 0 Å². The lowest BCUT2D eigenvalue weighted by molar-refractivity contribution is 0.622. The topological polar surface area (TPSA) is 29.9 Å². The first-order valence-corrected chi connectivity index (χ1v) is 5.67. The quantitative estimate of drug-likeness (QED) is 0.880. The maximum absolute atomic E-state index is 13.8. The second-order valence-corrected chi connectivity index (χ2v) is 4.05. The minimum atomic E-state index is -0.226. The Morgan fingerprint density at radius 3 is 2.82 bits per heavy atom. The van der Waals surface area contributed by atoms with Crippen LogP contribution in [0.2, 0.25) is 0 Å². The van der Waals surface area contributed by atoms with Crippen LogP contribution < -0.4 is 5.32 Å². The predicted molar refractivity (Wildman–Crippen MR) is 67.1 cm³/mol. The zero-order valence-corrected chi connectivity index (χ0v) is 10.3. The largest absolute Gasteiger partial charge is 0.323 e. The number of aromatic nitrogens is 2. The van der Waals surface area contributed by atoms with E-state index < -0.39 is 0 Å². The first-order valence-electron chi connectivity index (χ1n) is 5.67. The number of halogens is 1. The summed E-state index contributed by atoms with van der Waals surface area (Å²) in [5.74, 6) is 0.449. The molecular weight excluding hydrogens is 217 g/mol. The van der Waals surface area contributed by atoms with E-state index in [4.69, 9.17) is 0 Å². The van der Waals surface area contributed by atoms with Crippen LogP contribution in [0.15, 0.2) is 24.4 Å². The number of imidazole rings is 1. The van der Waals surface area contributed by atoms with E-state index in [9.17, 15) is 4.39 Å². The lowest BCUT2D eigenvalue weighted by Gasteiger charge is -2.09. The number of nitrogens with one attached hydrogen (secondary N) is 1. The summed E-state index contributed by atoms with van der Waals surface area (Å²) in [5.41, 5.74) is 2.01. The molecule has 1 aromatic heterocycles. The summed E-state index contributed by atoms with van der Waals surface area (Å²) >= 11 is 0. The summed E-state index contributed by atoms with van der Waals surface area (Å²) < 4.78 is 15.8. The first-order chi connectivity index (χ1) is 8.11. The van der Waals surface area contributed by atoms with Crippen LogP contribution in [0.1, 0.15) is 18.2 Å². The average molecular weight is 233 g/mol. The van der Waals surface area contributed by atoms with Crippen LogP contribution in [0.5, 0.6) is 0 Å². The smallest absolute Gasteiger partial charge is 0.207 e. The number of rotatable bonds is 3. The van der Waals surface area contributed by atoms with Gasteiger partial charge in [0.05, 0.1) is 11.4 Å². The molecule has 0 fully saturated rings. The fourth-order valence-corrected chi connectivity index (χ4v) is 1.75. The van der Waals surface area contributed by atoms with Gasteiger partial charge >= 0.3 is 0 Å². The van der Waals surface area contributed by atoms with Crippen LogP contribution in [0.4, 0.5) is 16.0 Å². The van der Waals surface area contributed by atoms with Crippen LogP contribution in [-0.2, 0) is 6.54 Å². The second-order valence-electron chi connectivity index (χ2n) is 4.05. The molecule has 0 aliphatic rings. The minimum Gasteiger partial charge on any atom is -0.323 e. The monoisotopic (exact) mass is 233 g/mol. The molecule has 0 aliphatic carbocycles. The van der Waals surface area contributed by atoms with E-state index in [1.807, 2.05) is 30.7 Å². The molecular formula is C13H16FN3. The number of benzene rings is 1. The molecule has 90 valence electrons. The Morgan fingerprint density at radius 1 is 1.35 bits per heavy atom. The van der Waals surface area contributed by atoms with Gasteiger partial charge in [-0.05, 0) is 32.4 Å². The van der Waals surface area contributed by atoms with Gasteiger partial charge in [-0.3, -0.25) is 0 Å². The van der Waals surface area contributed by atoms with E-state index in [0.29, 0.717) is 17.2 Å². The van der Waals surface area contributed by atoms with Gasteiger partial charge in [0.15, 0.2) is 0 Å². The molecule has 4 heteroatoms. The molecule has 2 rings (SSSR count). The normalized spacial score (nSPS) is 10.6. The van der Waals surface area contributed by atoms with Crippen molar-refractivity contribution in [2.75, 3.05) is 5.32 Å². The highest BCUT2D eigenvalue weighted by Gasteiger charge is 2.08. The van der Waals surface area contributed by atoms with Gasteiger partial charge in [0.2, 0.25) is 5.95 Å². The lowest BCUT2D eigenvalue weighted by atomic mass is 10.2. The third-order valence-electron chi connectivity index (χ3n) is 2.68. The van der Waals surface area contributed by atoms with E-state index in [2.05, 4.69) is 10.3 Å². The Labute approximate surface area is 100 Å². The molecule has 0 saturated carbocycles. The highest BCUT2D eigenvalue weighted by molar-refractivity contribution is 5.56. The van der Waals surface area contributed by atoms with Crippen molar-refractivity contribution >= 4 is 11.6 Å². The van der Waals surface area contributed by atoms with Crippen molar-refractivity contribution in [1.29, 1.82) is 0 Å². The van der Waals surface area contributed by atoms with Crippen LogP contribution in [0.25, 0.3) is 0 Å². The standard InChI is InChI=1S/C13H16FN3/c1-4-17-8-10(3)15-13(17)16-11-7-5-6-9(2)12(11)14/h5-8H,4H2,1-3H3,(H,15,16). The van der Waals surface area contributed by atoms with Crippen molar-refractivity contribution in [1.82, 2.24) is 9.55 Å². The second kappa shape index (κ2) is 4.57. The molecule has 1 heterocycles. The zero-order valence-electron chi connectivity index (χ0n) is 10.3. The van der Waals surface area contributed by atoms with E-state index in [1.165, 1.54) is 0 Å². The van der Waals surface area contributed by atoms with Gasteiger partial charge in [-0.1, -0.05) is 12.1 Å². The molecule has 2 aromatic rings. The van der Waals surface area contributed by atoms with Gasteiger partial charge in [-0.25, -0.2) is 9.37 Å². The fraction of sp³-hybridized carbons (Fsp3) is 0.308. The summed E-state index contributed by atoms with van der Waals surface area (Å²) in [5, 5.41) is 3.03. The van der Waals surface area contributed by atoms with Crippen molar-refractivity contribution in [2.24, 2.45) is 0 Å². The highest BCUT2D eigenvalue weighted by Crippen LogP contribution is 2.21.